The first-order chi connectivity index (χ1) is 8.47. The summed E-state index contributed by atoms with van der Waals surface area (Å²) < 4.78 is 1.40. The van der Waals surface area contributed by atoms with Gasteiger partial charge in [0.2, 0.25) is 0 Å². The van der Waals surface area contributed by atoms with E-state index in [9.17, 15) is 9.59 Å². The summed E-state index contributed by atoms with van der Waals surface area (Å²) in [5.41, 5.74) is 6.74. The summed E-state index contributed by atoms with van der Waals surface area (Å²) in [4.78, 5) is 25.1. The van der Waals surface area contributed by atoms with E-state index in [1.54, 1.807) is 25.1 Å². The van der Waals surface area contributed by atoms with E-state index in [0.29, 0.717) is 22.8 Å². The molecular formula is C12H12ClN3O2. The Hall–Kier alpha value is -2.01. The Morgan fingerprint density at radius 2 is 2.11 bits per heavy atom. The lowest BCUT2D eigenvalue weighted by Crippen LogP contribution is -2.31. The molecule has 0 atom stereocenters. The molecule has 0 aliphatic heterocycles. The number of nitrogen functional groups attached to an aromatic ring is 1. The van der Waals surface area contributed by atoms with Crippen LogP contribution in [0.15, 0.2) is 34.0 Å². The lowest BCUT2D eigenvalue weighted by molar-refractivity contribution is 0.715. The number of H-pyrrole nitrogens is 1. The van der Waals surface area contributed by atoms with Gasteiger partial charge in [0.25, 0.3) is 5.56 Å². The normalized spacial score (nSPS) is 10.6. The highest BCUT2D eigenvalue weighted by molar-refractivity contribution is 6.30. The van der Waals surface area contributed by atoms with E-state index in [-0.39, 0.29) is 5.56 Å². The third-order valence-electron chi connectivity index (χ3n) is 2.64. The highest BCUT2D eigenvalue weighted by Gasteiger charge is 2.05. The van der Waals surface area contributed by atoms with E-state index in [1.165, 1.54) is 10.8 Å². The van der Waals surface area contributed by atoms with Gasteiger partial charge in [-0.15, -0.1) is 0 Å². The molecule has 0 aliphatic carbocycles. The summed E-state index contributed by atoms with van der Waals surface area (Å²) in [6, 6.07) is 5.09. The van der Waals surface area contributed by atoms with Crippen LogP contribution in [0.5, 0.6) is 0 Å². The second-order valence-corrected chi connectivity index (χ2v) is 4.48. The Bertz CT molecular complexity index is 703. The second-order valence-electron chi connectivity index (χ2n) is 4.04. The number of benzene rings is 1. The molecule has 0 fully saturated rings. The third-order valence-corrected chi connectivity index (χ3v) is 2.87. The Morgan fingerprint density at radius 1 is 1.39 bits per heavy atom. The van der Waals surface area contributed by atoms with Gasteiger partial charge in [-0.1, -0.05) is 17.7 Å². The molecule has 6 heteroatoms. The molecule has 0 saturated carbocycles. The minimum absolute atomic E-state index is 0.291. The zero-order chi connectivity index (χ0) is 13.3. The van der Waals surface area contributed by atoms with Crippen molar-refractivity contribution in [1.29, 1.82) is 0 Å². The number of aryl methyl sites for hydroxylation is 1. The van der Waals surface area contributed by atoms with Crippen LogP contribution in [-0.2, 0) is 6.54 Å². The number of hydrogen-bond donors (Lipinski definition) is 2. The van der Waals surface area contributed by atoms with E-state index < -0.39 is 5.69 Å². The first-order valence-electron chi connectivity index (χ1n) is 5.31. The average molecular weight is 266 g/mol. The molecule has 1 aromatic heterocycles. The van der Waals surface area contributed by atoms with Gasteiger partial charge in [-0.05, 0) is 24.6 Å². The van der Waals surface area contributed by atoms with Gasteiger partial charge in [-0.3, -0.25) is 14.3 Å². The Kier molecular flexibility index (Phi) is 3.25. The Balaban J connectivity index is 2.43. The maximum Gasteiger partial charge on any atom is 0.328 e. The van der Waals surface area contributed by atoms with E-state index in [1.807, 2.05) is 0 Å². The summed E-state index contributed by atoms with van der Waals surface area (Å²) in [5, 5.41) is 0.543. The van der Waals surface area contributed by atoms with Gasteiger partial charge in [-0.2, -0.15) is 0 Å². The topological polar surface area (TPSA) is 80.9 Å². The number of aromatic nitrogens is 2. The molecule has 0 aliphatic rings. The minimum atomic E-state index is -0.458. The lowest BCUT2D eigenvalue weighted by Gasteiger charge is -2.08. The summed E-state index contributed by atoms with van der Waals surface area (Å²) in [5.74, 6) is 0. The number of nitrogens with one attached hydrogen (secondary N) is 1. The molecule has 94 valence electrons. The molecule has 2 rings (SSSR count). The number of anilines is 1. The average Bonchev–Trinajstić information content (AvgIpc) is 2.29. The molecule has 0 bridgehead atoms. The van der Waals surface area contributed by atoms with Crippen LogP contribution in [-0.4, -0.2) is 9.55 Å². The van der Waals surface area contributed by atoms with Gasteiger partial charge in [0.05, 0.1) is 6.54 Å². The van der Waals surface area contributed by atoms with Crippen LogP contribution in [0.4, 0.5) is 5.69 Å². The van der Waals surface area contributed by atoms with Gasteiger partial charge in [0.1, 0.15) is 0 Å². The fraction of sp³-hybridized carbons (Fsp3) is 0.167. The van der Waals surface area contributed by atoms with E-state index >= 15 is 0 Å². The standard InChI is InChI=1S/C12H12ClN3O2/c1-7-5-16(12(18)15-11(7)17)6-8-2-3-9(13)4-10(8)14/h2-5H,6,14H2,1H3,(H,15,17,18). The Morgan fingerprint density at radius 3 is 2.78 bits per heavy atom. The Labute approximate surface area is 108 Å². The number of nitrogens with zero attached hydrogens (tertiary/aromatic N) is 1. The molecule has 0 saturated heterocycles. The van der Waals surface area contributed by atoms with Crippen molar-refractivity contribution in [2.45, 2.75) is 13.5 Å². The molecule has 0 spiro atoms. The smallest absolute Gasteiger partial charge is 0.328 e. The zero-order valence-electron chi connectivity index (χ0n) is 9.74. The second kappa shape index (κ2) is 4.70. The predicted octanol–water partition coefficient (Wildman–Crippen LogP) is 1.13. The number of rotatable bonds is 2. The molecule has 1 heterocycles. The van der Waals surface area contributed by atoms with Crippen molar-refractivity contribution in [3.8, 4) is 0 Å². The fourth-order valence-corrected chi connectivity index (χ4v) is 1.81. The maximum absolute atomic E-state index is 11.6. The van der Waals surface area contributed by atoms with Crippen LogP contribution in [0, 0.1) is 6.92 Å². The van der Waals surface area contributed by atoms with Crippen molar-refractivity contribution >= 4 is 17.3 Å². The van der Waals surface area contributed by atoms with Gasteiger partial charge < -0.3 is 5.73 Å². The molecule has 1 aromatic carbocycles. The van der Waals surface area contributed by atoms with Crippen molar-refractivity contribution in [1.82, 2.24) is 9.55 Å². The van der Waals surface area contributed by atoms with Crippen LogP contribution in [0.1, 0.15) is 11.1 Å². The van der Waals surface area contributed by atoms with Gasteiger partial charge >= 0.3 is 5.69 Å². The van der Waals surface area contributed by atoms with Crippen LogP contribution in [0.2, 0.25) is 5.02 Å². The molecule has 0 amide bonds. The van der Waals surface area contributed by atoms with Crippen molar-refractivity contribution in [3.05, 3.63) is 61.4 Å². The predicted molar refractivity (Wildman–Crippen MR) is 71.0 cm³/mol. The fourth-order valence-electron chi connectivity index (χ4n) is 1.63. The summed E-state index contributed by atoms with van der Waals surface area (Å²) in [6.07, 6.45) is 1.51. The summed E-state index contributed by atoms with van der Waals surface area (Å²) >= 11 is 5.80. The first kappa shape index (κ1) is 12.4. The van der Waals surface area contributed by atoms with E-state index in [4.69, 9.17) is 17.3 Å². The molecular weight excluding hydrogens is 254 g/mol. The van der Waals surface area contributed by atoms with E-state index in [0.717, 1.165) is 5.56 Å². The number of halogens is 1. The third kappa shape index (κ3) is 2.46. The number of hydrogen-bond acceptors (Lipinski definition) is 3. The molecule has 2 aromatic rings. The van der Waals surface area contributed by atoms with Crippen molar-refractivity contribution < 1.29 is 0 Å². The van der Waals surface area contributed by atoms with E-state index in [2.05, 4.69) is 4.98 Å². The van der Waals surface area contributed by atoms with Gasteiger partial charge in [0, 0.05) is 22.5 Å². The molecule has 5 nitrogen and oxygen atoms in total. The monoisotopic (exact) mass is 265 g/mol. The van der Waals surface area contributed by atoms with Crippen molar-refractivity contribution in [2.24, 2.45) is 0 Å². The zero-order valence-corrected chi connectivity index (χ0v) is 10.5. The minimum Gasteiger partial charge on any atom is -0.398 e. The van der Waals surface area contributed by atoms with Crippen molar-refractivity contribution in [3.63, 3.8) is 0 Å². The highest BCUT2D eigenvalue weighted by Crippen LogP contribution is 2.18. The van der Waals surface area contributed by atoms with Crippen LogP contribution >= 0.6 is 11.6 Å². The van der Waals surface area contributed by atoms with Gasteiger partial charge in [-0.25, -0.2) is 4.79 Å². The molecule has 0 unspecified atom stereocenters. The molecule has 0 radical (unpaired) electrons. The molecule has 18 heavy (non-hydrogen) atoms. The summed E-state index contributed by atoms with van der Waals surface area (Å²) in [7, 11) is 0. The van der Waals surface area contributed by atoms with Crippen LogP contribution in [0.3, 0.4) is 0 Å². The van der Waals surface area contributed by atoms with Crippen LogP contribution in [0.25, 0.3) is 0 Å². The SMILES string of the molecule is Cc1cn(Cc2ccc(Cl)cc2N)c(=O)[nH]c1=O. The number of nitrogens with two attached hydrogens (primary N) is 1. The van der Waals surface area contributed by atoms with Crippen molar-refractivity contribution in [2.75, 3.05) is 5.73 Å². The first-order valence-corrected chi connectivity index (χ1v) is 5.69. The largest absolute Gasteiger partial charge is 0.398 e. The lowest BCUT2D eigenvalue weighted by atomic mass is 10.2. The van der Waals surface area contributed by atoms with Gasteiger partial charge in [0.15, 0.2) is 0 Å². The highest BCUT2D eigenvalue weighted by atomic mass is 35.5. The van der Waals surface area contributed by atoms with Crippen LogP contribution < -0.4 is 17.0 Å². The quantitative estimate of drug-likeness (QED) is 0.799. The maximum atomic E-state index is 11.6. The summed E-state index contributed by atoms with van der Waals surface area (Å²) in [6.45, 7) is 1.93. The molecule has 3 N–H and O–H groups in total. The number of aromatic amines is 1.